The second kappa shape index (κ2) is 8.72. The number of rotatable bonds is 7. The summed E-state index contributed by atoms with van der Waals surface area (Å²) in [5, 5.41) is 12.4. The molecule has 0 aliphatic carbocycles. The molecule has 2 aromatic heterocycles. The Bertz CT molecular complexity index is 872. The summed E-state index contributed by atoms with van der Waals surface area (Å²) in [7, 11) is 0. The standard InChI is InChI=1S/C24H27N3O2/c1-2-29-22-11-5-8-19(16-22)23(27-14-3-4-15-27)24(28,20-9-6-12-25-17-20)21-10-7-13-26-18-21/h5-13,16-18,23,28H,2-4,14-15H2,1H3. The zero-order valence-electron chi connectivity index (χ0n) is 16.7. The van der Waals surface area contributed by atoms with Gasteiger partial charge in [0.1, 0.15) is 11.4 Å². The Kier molecular flexibility index (Phi) is 5.88. The maximum atomic E-state index is 12.4. The molecule has 1 N–H and O–H groups in total. The van der Waals surface area contributed by atoms with E-state index in [0.29, 0.717) is 6.61 Å². The van der Waals surface area contributed by atoms with Crippen LogP contribution in [-0.4, -0.2) is 39.7 Å². The number of pyridine rings is 2. The number of ether oxygens (including phenoxy) is 1. The summed E-state index contributed by atoms with van der Waals surface area (Å²) >= 11 is 0. The molecule has 3 heterocycles. The van der Waals surface area contributed by atoms with Gasteiger partial charge in [0.2, 0.25) is 0 Å². The number of likely N-dealkylation sites (tertiary alicyclic amines) is 1. The fourth-order valence-corrected chi connectivity index (χ4v) is 4.32. The predicted molar refractivity (Wildman–Crippen MR) is 113 cm³/mol. The molecular weight excluding hydrogens is 362 g/mol. The van der Waals surface area contributed by atoms with Gasteiger partial charge in [-0.2, -0.15) is 0 Å². The highest BCUT2D eigenvalue weighted by Gasteiger charge is 2.45. The summed E-state index contributed by atoms with van der Waals surface area (Å²) in [4.78, 5) is 11.0. The number of benzene rings is 1. The van der Waals surface area contributed by atoms with Crippen molar-refractivity contribution in [2.75, 3.05) is 19.7 Å². The van der Waals surface area contributed by atoms with Crippen molar-refractivity contribution in [3.05, 3.63) is 90.0 Å². The Balaban J connectivity index is 1.91. The van der Waals surface area contributed by atoms with E-state index in [2.05, 4.69) is 20.9 Å². The van der Waals surface area contributed by atoms with Crippen molar-refractivity contribution in [2.24, 2.45) is 0 Å². The maximum absolute atomic E-state index is 12.4. The summed E-state index contributed by atoms with van der Waals surface area (Å²) in [6, 6.07) is 15.4. The van der Waals surface area contributed by atoms with Crippen LogP contribution in [0.3, 0.4) is 0 Å². The highest BCUT2D eigenvalue weighted by Crippen LogP contribution is 2.45. The Morgan fingerprint density at radius 2 is 1.66 bits per heavy atom. The molecule has 5 heteroatoms. The molecule has 1 atom stereocenters. The third-order valence-corrected chi connectivity index (χ3v) is 5.59. The van der Waals surface area contributed by atoms with Gasteiger partial charge in [0.05, 0.1) is 12.6 Å². The Hall–Kier alpha value is -2.76. The van der Waals surface area contributed by atoms with Gasteiger partial charge in [-0.25, -0.2) is 0 Å². The molecule has 1 aliphatic rings. The number of nitrogens with zero attached hydrogens (tertiary/aromatic N) is 3. The number of aromatic nitrogens is 2. The molecule has 0 radical (unpaired) electrons. The first kappa shape index (κ1) is 19.6. The molecule has 0 saturated carbocycles. The molecule has 3 aromatic rings. The van der Waals surface area contributed by atoms with Crippen LogP contribution in [0, 0.1) is 0 Å². The van der Waals surface area contributed by atoms with Crippen molar-refractivity contribution in [3.8, 4) is 5.75 Å². The van der Waals surface area contributed by atoms with Gasteiger partial charge in [-0.3, -0.25) is 14.9 Å². The molecule has 0 amide bonds. The van der Waals surface area contributed by atoms with Gasteiger partial charge in [-0.15, -0.1) is 0 Å². The minimum absolute atomic E-state index is 0.279. The van der Waals surface area contributed by atoms with Crippen LogP contribution in [0.1, 0.15) is 42.5 Å². The topological polar surface area (TPSA) is 58.5 Å². The lowest BCUT2D eigenvalue weighted by Crippen LogP contribution is -2.44. The van der Waals surface area contributed by atoms with Gasteiger partial charge >= 0.3 is 0 Å². The molecule has 4 rings (SSSR count). The third-order valence-electron chi connectivity index (χ3n) is 5.59. The van der Waals surface area contributed by atoms with Gasteiger partial charge < -0.3 is 9.84 Å². The average molecular weight is 389 g/mol. The number of hydrogen-bond acceptors (Lipinski definition) is 5. The van der Waals surface area contributed by atoms with Crippen LogP contribution in [0.15, 0.2) is 73.3 Å². The van der Waals surface area contributed by atoms with Crippen LogP contribution in [0.5, 0.6) is 5.75 Å². The van der Waals surface area contributed by atoms with E-state index >= 15 is 0 Å². The maximum Gasteiger partial charge on any atom is 0.137 e. The van der Waals surface area contributed by atoms with Crippen molar-refractivity contribution in [2.45, 2.75) is 31.4 Å². The van der Waals surface area contributed by atoms with E-state index in [1.54, 1.807) is 24.8 Å². The van der Waals surface area contributed by atoms with Crippen molar-refractivity contribution in [3.63, 3.8) is 0 Å². The first-order valence-corrected chi connectivity index (χ1v) is 10.2. The third kappa shape index (κ3) is 3.88. The summed E-state index contributed by atoms with van der Waals surface area (Å²) in [6.07, 6.45) is 9.21. The van der Waals surface area contributed by atoms with E-state index in [9.17, 15) is 5.11 Å². The molecule has 150 valence electrons. The SMILES string of the molecule is CCOc1cccc(C(N2CCCC2)C(O)(c2cccnc2)c2cccnc2)c1. The molecule has 1 fully saturated rings. The Morgan fingerprint density at radius 1 is 1.00 bits per heavy atom. The van der Waals surface area contributed by atoms with Gasteiger partial charge in [0, 0.05) is 35.9 Å². The fourth-order valence-electron chi connectivity index (χ4n) is 4.32. The van der Waals surface area contributed by atoms with Gasteiger partial charge in [0.25, 0.3) is 0 Å². The molecular formula is C24H27N3O2. The van der Waals surface area contributed by atoms with Gasteiger partial charge in [-0.05, 0) is 62.7 Å². The van der Waals surface area contributed by atoms with Crippen LogP contribution in [0.2, 0.25) is 0 Å². The average Bonchev–Trinajstić information content (AvgIpc) is 3.30. The van der Waals surface area contributed by atoms with E-state index < -0.39 is 5.60 Å². The van der Waals surface area contributed by atoms with Crippen molar-refractivity contribution >= 4 is 0 Å². The first-order chi connectivity index (χ1) is 14.2. The van der Waals surface area contributed by atoms with E-state index in [-0.39, 0.29) is 6.04 Å². The van der Waals surface area contributed by atoms with Gasteiger partial charge in [-0.1, -0.05) is 24.3 Å². The summed E-state index contributed by atoms with van der Waals surface area (Å²) in [6.45, 7) is 4.46. The lowest BCUT2D eigenvalue weighted by Gasteiger charge is -2.42. The Morgan fingerprint density at radius 3 is 2.21 bits per heavy atom. The lowest BCUT2D eigenvalue weighted by atomic mass is 9.77. The molecule has 0 spiro atoms. The first-order valence-electron chi connectivity index (χ1n) is 10.2. The normalized spacial score (nSPS) is 15.9. The second-order valence-electron chi connectivity index (χ2n) is 7.40. The highest BCUT2D eigenvalue weighted by atomic mass is 16.5. The molecule has 1 unspecified atom stereocenters. The van der Waals surface area contributed by atoms with E-state index in [1.807, 2.05) is 49.4 Å². The number of hydrogen-bond donors (Lipinski definition) is 1. The minimum Gasteiger partial charge on any atom is -0.494 e. The largest absolute Gasteiger partial charge is 0.494 e. The second-order valence-corrected chi connectivity index (χ2v) is 7.40. The van der Waals surface area contributed by atoms with Crippen LogP contribution < -0.4 is 4.74 Å². The van der Waals surface area contributed by atoms with Crippen LogP contribution in [0.25, 0.3) is 0 Å². The van der Waals surface area contributed by atoms with Crippen LogP contribution in [-0.2, 0) is 5.60 Å². The molecule has 5 nitrogen and oxygen atoms in total. The Labute approximate surface area is 172 Å². The fraction of sp³-hybridized carbons (Fsp3) is 0.333. The summed E-state index contributed by atoms with van der Waals surface area (Å²) in [5.41, 5.74) is 1.24. The predicted octanol–water partition coefficient (Wildman–Crippen LogP) is 3.95. The monoisotopic (exact) mass is 389 g/mol. The molecule has 0 bridgehead atoms. The van der Waals surface area contributed by atoms with E-state index in [0.717, 1.165) is 48.4 Å². The molecule has 1 aromatic carbocycles. The van der Waals surface area contributed by atoms with Crippen molar-refractivity contribution < 1.29 is 9.84 Å². The molecule has 1 aliphatic heterocycles. The van der Waals surface area contributed by atoms with E-state index in [1.165, 1.54) is 0 Å². The quantitative estimate of drug-likeness (QED) is 0.663. The smallest absolute Gasteiger partial charge is 0.137 e. The van der Waals surface area contributed by atoms with Crippen molar-refractivity contribution in [1.29, 1.82) is 0 Å². The molecule has 1 saturated heterocycles. The minimum atomic E-state index is -1.29. The highest BCUT2D eigenvalue weighted by molar-refractivity contribution is 5.41. The van der Waals surface area contributed by atoms with Crippen LogP contribution >= 0.6 is 0 Å². The van der Waals surface area contributed by atoms with Crippen LogP contribution in [0.4, 0.5) is 0 Å². The zero-order chi connectivity index (χ0) is 20.1. The zero-order valence-corrected chi connectivity index (χ0v) is 16.7. The summed E-state index contributed by atoms with van der Waals surface area (Å²) < 4.78 is 5.76. The molecule has 29 heavy (non-hydrogen) atoms. The summed E-state index contributed by atoms with van der Waals surface area (Å²) in [5.74, 6) is 0.814. The van der Waals surface area contributed by atoms with Gasteiger partial charge in [0.15, 0.2) is 0 Å². The van der Waals surface area contributed by atoms with Crippen molar-refractivity contribution in [1.82, 2.24) is 14.9 Å². The van der Waals surface area contributed by atoms with E-state index in [4.69, 9.17) is 4.74 Å². The lowest BCUT2D eigenvalue weighted by molar-refractivity contribution is -0.0153. The number of aliphatic hydroxyl groups is 1.